The van der Waals surface area contributed by atoms with Gasteiger partial charge in [-0.2, -0.15) is 23.8 Å². The second-order valence-corrected chi connectivity index (χ2v) is 5.05. The molecule has 0 heterocycles. The molecule has 0 bridgehead atoms. The zero-order chi connectivity index (χ0) is 12.8. The van der Waals surface area contributed by atoms with Crippen LogP contribution in [0.1, 0.15) is 5.56 Å². The molecule has 1 heteroatoms. The molecule has 0 atom stereocenters. The molecular weight excluding hydrogens is 420 g/mol. The maximum atomic E-state index is 3.28. The van der Waals surface area contributed by atoms with Crippen molar-refractivity contribution in [3.05, 3.63) is 72.3 Å². The van der Waals surface area contributed by atoms with Gasteiger partial charge in [-0.15, -0.1) is 16.8 Å². The largest absolute Gasteiger partial charge is 0.180 e. The molecule has 4 aromatic rings. The van der Waals surface area contributed by atoms with Gasteiger partial charge in [-0.25, -0.2) is 0 Å². The molecule has 0 aliphatic carbocycles. The van der Waals surface area contributed by atoms with Crippen molar-refractivity contribution in [2.24, 2.45) is 0 Å². The van der Waals surface area contributed by atoms with Crippen molar-refractivity contribution in [3.8, 4) is 0 Å². The molecule has 20 heavy (non-hydrogen) atoms. The van der Waals surface area contributed by atoms with E-state index < -0.39 is 0 Å². The Hall–Kier alpha value is -1.69. The van der Waals surface area contributed by atoms with Crippen molar-refractivity contribution >= 4 is 32.3 Å². The first-order valence-electron chi connectivity index (χ1n) is 6.55. The molecular formula is C19H13Ir-. The smallest absolute Gasteiger partial charge is 0 e. The van der Waals surface area contributed by atoms with Crippen molar-refractivity contribution in [1.82, 2.24) is 0 Å². The van der Waals surface area contributed by atoms with Crippen molar-refractivity contribution in [3.63, 3.8) is 0 Å². The van der Waals surface area contributed by atoms with Gasteiger partial charge in [0, 0.05) is 20.1 Å². The van der Waals surface area contributed by atoms with Crippen LogP contribution in [-0.4, -0.2) is 0 Å². The summed E-state index contributed by atoms with van der Waals surface area (Å²) in [5, 5.41) is 7.84. The van der Waals surface area contributed by atoms with Crippen LogP contribution in [0.15, 0.2) is 60.7 Å². The molecule has 1 radical (unpaired) electrons. The van der Waals surface area contributed by atoms with E-state index in [9.17, 15) is 0 Å². The van der Waals surface area contributed by atoms with E-state index in [2.05, 4.69) is 67.6 Å². The molecule has 0 N–H and O–H groups in total. The van der Waals surface area contributed by atoms with Gasteiger partial charge in [-0.3, -0.25) is 0 Å². The molecule has 0 aromatic heterocycles. The summed E-state index contributed by atoms with van der Waals surface area (Å²) in [5.41, 5.74) is 1.22. The van der Waals surface area contributed by atoms with Crippen molar-refractivity contribution in [1.29, 1.82) is 0 Å². The molecule has 0 spiro atoms. The SMILES string of the molecule is Cc1[c-]ccc2c1ccc1cc3ccccc3cc12.[Ir]. The molecule has 0 unspecified atom stereocenters. The average molecular weight is 434 g/mol. The molecule has 0 aliphatic rings. The van der Waals surface area contributed by atoms with Crippen LogP contribution in [0, 0.1) is 13.0 Å². The Labute approximate surface area is 131 Å². The predicted octanol–water partition coefficient (Wildman–Crippen LogP) is 5.25. The maximum absolute atomic E-state index is 3.28. The Morgan fingerprint density at radius 2 is 1.45 bits per heavy atom. The minimum atomic E-state index is 0. The van der Waals surface area contributed by atoms with Gasteiger partial charge < -0.3 is 0 Å². The van der Waals surface area contributed by atoms with Gasteiger partial charge in [0.2, 0.25) is 0 Å². The minimum Gasteiger partial charge on any atom is -0.180 e. The fourth-order valence-corrected chi connectivity index (χ4v) is 2.87. The van der Waals surface area contributed by atoms with Crippen LogP contribution in [0.5, 0.6) is 0 Å². The molecule has 0 saturated carbocycles. The van der Waals surface area contributed by atoms with E-state index >= 15 is 0 Å². The first-order chi connectivity index (χ1) is 9.33. The number of aryl methyl sites for hydroxylation is 1. The summed E-state index contributed by atoms with van der Waals surface area (Å²) in [7, 11) is 0. The van der Waals surface area contributed by atoms with Crippen LogP contribution in [-0.2, 0) is 20.1 Å². The molecule has 4 aromatic carbocycles. The Morgan fingerprint density at radius 3 is 2.25 bits per heavy atom. The van der Waals surface area contributed by atoms with Crippen molar-refractivity contribution in [2.75, 3.05) is 0 Å². The van der Waals surface area contributed by atoms with Crippen LogP contribution in [0.2, 0.25) is 0 Å². The fraction of sp³-hybridized carbons (Fsp3) is 0.0526. The maximum Gasteiger partial charge on any atom is 0 e. The summed E-state index contributed by atoms with van der Waals surface area (Å²) in [6.07, 6.45) is 0. The molecule has 0 aliphatic heterocycles. The number of fused-ring (bicyclic) bond motifs is 4. The van der Waals surface area contributed by atoms with Crippen molar-refractivity contribution < 1.29 is 20.1 Å². The van der Waals surface area contributed by atoms with E-state index in [0.717, 1.165) is 0 Å². The van der Waals surface area contributed by atoms with Gasteiger partial charge in [0.25, 0.3) is 0 Å². The summed E-state index contributed by atoms with van der Waals surface area (Å²) < 4.78 is 0. The van der Waals surface area contributed by atoms with Crippen LogP contribution < -0.4 is 0 Å². The Bertz CT molecular complexity index is 922. The molecule has 0 saturated heterocycles. The first kappa shape index (κ1) is 13.3. The van der Waals surface area contributed by atoms with Gasteiger partial charge in [0.15, 0.2) is 0 Å². The number of rotatable bonds is 0. The van der Waals surface area contributed by atoms with Gasteiger partial charge in [0.05, 0.1) is 0 Å². The molecule has 0 amide bonds. The molecule has 0 fully saturated rings. The van der Waals surface area contributed by atoms with Gasteiger partial charge >= 0.3 is 0 Å². The van der Waals surface area contributed by atoms with Crippen LogP contribution in [0.25, 0.3) is 32.3 Å². The zero-order valence-corrected chi connectivity index (χ0v) is 13.5. The Balaban J connectivity index is 0.00000121. The summed E-state index contributed by atoms with van der Waals surface area (Å²) in [5.74, 6) is 0. The van der Waals surface area contributed by atoms with Gasteiger partial charge in [0.1, 0.15) is 0 Å². The average Bonchev–Trinajstić information content (AvgIpc) is 2.45. The summed E-state index contributed by atoms with van der Waals surface area (Å²) >= 11 is 0. The summed E-state index contributed by atoms with van der Waals surface area (Å²) in [6, 6.07) is 25.0. The molecule has 0 nitrogen and oxygen atoms in total. The monoisotopic (exact) mass is 434 g/mol. The minimum absolute atomic E-state index is 0. The van der Waals surface area contributed by atoms with E-state index in [4.69, 9.17) is 0 Å². The van der Waals surface area contributed by atoms with Crippen LogP contribution in [0.3, 0.4) is 0 Å². The quantitative estimate of drug-likeness (QED) is 0.202. The molecule has 4 rings (SSSR count). The van der Waals surface area contributed by atoms with E-state index in [1.807, 2.05) is 6.07 Å². The zero-order valence-electron chi connectivity index (χ0n) is 11.1. The van der Waals surface area contributed by atoms with Gasteiger partial charge in [-0.05, 0) is 33.7 Å². The second-order valence-electron chi connectivity index (χ2n) is 5.05. The van der Waals surface area contributed by atoms with Crippen LogP contribution in [0.4, 0.5) is 0 Å². The standard InChI is InChI=1S/C19H13.Ir/c1-13-5-4-8-18-17(13)10-9-16-11-14-6-2-3-7-15(14)12-19(16)18;/h2-4,6-12H,1H3;/q-1;. The normalized spacial score (nSPS) is 10.8. The third kappa shape index (κ3) is 1.95. The third-order valence-electron chi connectivity index (χ3n) is 3.88. The number of benzene rings is 4. The van der Waals surface area contributed by atoms with Crippen LogP contribution >= 0.6 is 0 Å². The Kier molecular flexibility index (Phi) is 3.33. The molecule has 99 valence electrons. The number of hydrogen-bond acceptors (Lipinski definition) is 0. The van der Waals surface area contributed by atoms with Gasteiger partial charge in [-0.1, -0.05) is 37.3 Å². The van der Waals surface area contributed by atoms with Crippen molar-refractivity contribution in [2.45, 2.75) is 6.92 Å². The summed E-state index contributed by atoms with van der Waals surface area (Å²) in [6.45, 7) is 2.12. The van der Waals surface area contributed by atoms with E-state index in [1.54, 1.807) is 0 Å². The topological polar surface area (TPSA) is 0 Å². The van der Waals surface area contributed by atoms with E-state index in [0.29, 0.717) is 0 Å². The predicted molar refractivity (Wildman–Crippen MR) is 82.5 cm³/mol. The Morgan fingerprint density at radius 1 is 0.700 bits per heavy atom. The fourth-order valence-electron chi connectivity index (χ4n) is 2.87. The van der Waals surface area contributed by atoms with E-state index in [1.165, 1.54) is 37.9 Å². The third-order valence-corrected chi connectivity index (χ3v) is 3.88. The summed E-state index contributed by atoms with van der Waals surface area (Å²) in [4.78, 5) is 0. The van der Waals surface area contributed by atoms with E-state index in [-0.39, 0.29) is 20.1 Å². The number of hydrogen-bond donors (Lipinski definition) is 0. The first-order valence-corrected chi connectivity index (χ1v) is 6.55. The second kappa shape index (κ2) is 5.01.